The number of benzene rings is 1. The van der Waals surface area contributed by atoms with Gasteiger partial charge in [0.1, 0.15) is 19.0 Å². The quantitative estimate of drug-likeness (QED) is 0.684. The van der Waals surface area contributed by atoms with Gasteiger partial charge in [0.05, 0.1) is 11.3 Å². The van der Waals surface area contributed by atoms with Gasteiger partial charge < -0.3 is 9.47 Å². The molecular formula is C17H12N2O4S. The second kappa shape index (κ2) is 5.93. The molecule has 3 aromatic rings. The topological polar surface area (TPSA) is 69.9 Å². The number of esters is 1. The molecule has 0 unspecified atom stereocenters. The highest BCUT2D eigenvalue weighted by Crippen LogP contribution is 2.26. The molecule has 24 heavy (non-hydrogen) atoms. The van der Waals surface area contributed by atoms with E-state index in [4.69, 9.17) is 9.47 Å². The summed E-state index contributed by atoms with van der Waals surface area (Å²) in [7, 11) is 0. The number of thiazole rings is 1. The fourth-order valence-electron chi connectivity index (χ4n) is 2.43. The molecule has 0 radical (unpaired) electrons. The number of aromatic nitrogens is 2. The molecule has 0 amide bonds. The van der Waals surface area contributed by atoms with Gasteiger partial charge in [-0.2, -0.15) is 0 Å². The molecule has 7 heteroatoms. The SMILES string of the molecule is O=C(OCc1cc(=O)n2ccsc2n1)C1=Cc2ccccc2OC1. The van der Waals surface area contributed by atoms with Gasteiger partial charge in [-0.1, -0.05) is 18.2 Å². The molecule has 2 aromatic heterocycles. The molecule has 0 bridgehead atoms. The van der Waals surface area contributed by atoms with E-state index in [1.807, 2.05) is 24.3 Å². The van der Waals surface area contributed by atoms with E-state index in [-0.39, 0.29) is 18.8 Å². The van der Waals surface area contributed by atoms with Gasteiger partial charge in [0.2, 0.25) is 0 Å². The standard InChI is InChI=1S/C17H12N2O4S/c20-15-8-13(18-17-19(15)5-6-24-17)10-23-16(21)12-7-11-3-1-2-4-14(11)22-9-12/h1-8H,9-10H2. The van der Waals surface area contributed by atoms with Crippen molar-refractivity contribution in [1.29, 1.82) is 0 Å². The van der Waals surface area contributed by atoms with Gasteiger partial charge in [-0.05, 0) is 12.1 Å². The molecule has 0 fully saturated rings. The van der Waals surface area contributed by atoms with Crippen LogP contribution in [0.5, 0.6) is 5.75 Å². The van der Waals surface area contributed by atoms with Crippen molar-refractivity contribution in [2.45, 2.75) is 6.61 Å². The number of hydrogen-bond acceptors (Lipinski definition) is 6. The van der Waals surface area contributed by atoms with Crippen molar-refractivity contribution in [3.05, 3.63) is 69.1 Å². The van der Waals surface area contributed by atoms with Gasteiger partial charge in [0, 0.05) is 23.2 Å². The lowest BCUT2D eigenvalue weighted by molar-refractivity contribution is -0.140. The number of para-hydroxylation sites is 1. The van der Waals surface area contributed by atoms with Crippen molar-refractivity contribution < 1.29 is 14.3 Å². The average Bonchev–Trinajstić information content (AvgIpc) is 3.08. The third kappa shape index (κ3) is 2.69. The first-order valence-electron chi connectivity index (χ1n) is 7.26. The van der Waals surface area contributed by atoms with E-state index in [2.05, 4.69) is 4.98 Å². The monoisotopic (exact) mass is 340 g/mol. The molecule has 120 valence electrons. The van der Waals surface area contributed by atoms with Crippen LogP contribution in [-0.2, 0) is 16.1 Å². The smallest absolute Gasteiger partial charge is 0.337 e. The van der Waals surface area contributed by atoms with E-state index in [9.17, 15) is 9.59 Å². The Morgan fingerprint density at radius 2 is 2.25 bits per heavy atom. The zero-order chi connectivity index (χ0) is 16.5. The summed E-state index contributed by atoms with van der Waals surface area (Å²) in [5.74, 6) is 0.268. The van der Waals surface area contributed by atoms with Gasteiger partial charge in [-0.15, -0.1) is 11.3 Å². The van der Waals surface area contributed by atoms with Crippen LogP contribution in [0.2, 0.25) is 0 Å². The maximum absolute atomic E-state index is 12.2. The molecule has 1 aliphatic rings. The fraction of sp³-hybridized carbons (Fsp3) is 0.118. The van der Waals surface area contributed by atoms with E-state index in [1.165, 1.54) is 21.8 Å². The first-order valence-corrected chi connectivity index (χ1v) is 8.14. The predicted octanol–water partition coefficient (Wildman–Crippen LogP) is 2.28. The highest BCUT2D eigenvalue weighted by Gasteiger charge is 2.18. The molecule has 0 N–H and O–H groups in total. The molecule has 6 nitrogen and oxygen atoms in total. The Morgan fingerprint density at radius 1 is 1.38 bits per heavy atom. The van der Waals surface area contributed by atoms with Crippen LogP contribution in [0.25, 0.3) is 11.0 Å². The molecule has 1 aromatic carbocycles. The minimum atomic E-state index is -0.474. The third-order valence-corrected chi connectivity index (χ3v) is 4.36. The molecule has 0 spiro atoms. The number of carbonyl (C=O) groups is 1. The minimum Gasteiger partial charge on any atom is -0.488 e. The number of fused-ring (bicyclic) bond motifs is 2. The summed E-state index contributed by atoms with van der Waals surface area (Å²) in [4.78, 5) is 29.0. The largest absolute Gasteiger partial charge is 0.488 e. The number of carbonyl (C=O) groups excluding carboxylic acids is 1. The van der Waals surface area contributed by atoms with Crippen molar-refractivity contribution in [2.75, 3.05) is 6.61 Å². The van der Waals surface area contributed by atoms with Gasteiger partial charge in [0.25, 0.3) is 5.56 Å². The maximum atomic E-state index is 12.2. The van der Waals surface area contributed by atoms with E-state index in [1.54, 1.807) is 17.7 Å². The Bertz CT molecular complexity index is 1020. The van der Waals surface area contributed by atoms with E-state index >= 15 is 0 Å². The van der Waals surface area contributed by atoms with Crippen molar-refractivity contribution >= 4 is 28.3 Å². The molecule has 1 aliphatic heterocycles. The normalized spacial score (nSPS) is 13.1. The lowest BCUT2D eigenvalue weighted by atomic mass is 10.1. The number of rotatable bonds is 3. The first-order chi connectivity index (χ1) is 11.7. The third-order valence-electron chi connectivity index (χ3n) is 3.60. The maximum Gasteiger partial charge on any atom is 0.337 e. The summed E-state index contributed by atoms with van der Waals surface area (Å²) in [5.41, 5.74) is 1.50. The van der Waals surface area contributed by atoms with Crippen LogP contribution in [0.4, 0.5) is 0 Å². The van der Waals surface area contributed by atoms with Crippen LogP contribution in [0.1, 0.15) is 11.3 Å². The molecule has 3 heterocycles. The van der Waals surface area contributed by atoms with E-state index in [0.717, 1.165) is 11.3 Å². The highest BCUT2D eigenvalue weighted by molar-refractivity contribution is 7.15. The van der Waals surface area contributed by atoms with Crippen LogP contribution in [0, 0.1) is 0 Å². The Balaban J connectivity index is 1.50. The molecule has 0 saturated heterocycles. The molecular weight excluding hydrogens is 328 g/mol. The van der Waals surface area contributed by atoms with Gasteiger partial charge in [-0.25, -0.2) is 9.78 Å². The lowest BCUT2D eigenvalue weighted by Crippen LogP contribution is -2.18. The summed E-state index contributed by atoms with van der Waals surface area (Å²) in [6.07, 6.45) is 3.42. The number of ether oxygens (including phenoxy) is 2. The summed E-state index contributed by atoms with van der Waals surface area (Å²) in [6, 6.07) is 8.84. The Kier molecular flexibility index (Phi) is 3.62. The second-order valence-corrected chi connectivity index (χ2v) is 6.09. The van der Waals surface area contributed by atoms with Crippen molar-refractivity contribution in [3.63, 3.8) is 0 Å². The van der Waals surface area contributed by atoms with Crippen molar-refractivity contribution in [2.24, 2.45) is 0 Å². The van der Waals surface area contributed by atoms with Crippen LogP contribution in [0.15, 0.2) is 52.3 Å². The number of nitrogens with zero attached hydrogens (tertiary/aromatic N) is 2. The minimum absolute atomic E-state index is 0.0541. The van der Waals surface area contributed by atoms with Crippen molar-refractivity contribution in [3.8, 4) is 5.75 Å². The summed E-state index contributed by atoms with van der Waals surface area (Å²) >= 11 is 1.35. The zero-order valence-electron chi connectivity index (χ0n) is 12.5. The average molecular weight is 340 g/mol. The van der Waals surface area contributed by atoms with E-state index < -0.39 is 5.97 Å². The van der Waals surface area contributed by atoms with E-state index in [0.29, 0.717) is 16.2 Å². The Morgan fingerprint density at radius 3 is 3.17 bits per heavy atom. The summed E-state index contributed by atoms with van der Waals surface area (Å²) in [6.45, 7) is 0.108. The lowest BCUT2D eigenvalue weighted by Gasteiger charge is -2.16. The van der Waals surface area contributed by atoms with Crippen LogP contribution in [-0.4, -0.2) is 22.0 Å². The van der Waals surface area contributed by atoms with Crippen LogP contribution in [0.3, 0.4) is 0 Å². The Labute approximate surface area is 140 Å². The van der Waals surface area contributed by atoms with Gasteiger partial charge in [-0.3, -0.25) is 9.20 Å². The highest BCUT2D eigenvalue weighted by atomic mass is 32.1. The second-order valence-electron chi connectivity index (χ2n) is 5.21. The van der Waals surface area contributed by atoms with Gasteiger partial charge in [0.15, 0.2) is 4.96 Å². The van der Waals surface area contributed by atoms with Crippen LogP contribution >= 0.6 is 11.3 Å². The van der Waals surface area contributed by atoms with Gasteiger partial charge >= 0.3 is 5.97 Å². The molecule has 4 rings (SSSR count). The fourth-order valence-corrected chi connectivity index (χ4v) is 3.17. The first kappa shape index (κ1) is 14.6. The predicted molar refractivity (Wildman–Crippen MR) is 89.0 cm³/mol. The van der Waals surface area contributed by atoms with Crippen molar-refractivity contribution in [1.82, 2.24) is 9.38 Å². The summed E-state index contributed by atoms with van der Waals surface area (Å²) < 4.78 is 12.3. The zero-order valence-corrected chi connectivity index (χ0v) is 13.3. The summed E-state index contributed by atoms with van der Waals surface area (Å²) in [5, 5.41) is 1.78. The van der Waals surface area contributed by atoms with Crippen LogP contribution < -0.4 is 10.3 Å². The molecule has 0 atom stereocenters. The number of hydrogen-bond donors (Lipinski definition) is 0. The Hall–Kier alpha value is -2.93. The molecule has 0 aliphatic carbocycles. The molecule has 0 saturated carbocycles.